The summed E-state index contributed by atoms with van der Waals surface area (Å²) in [5.74, 6) is 0. The van der Waals surface area contributed by atoms with Crippen LogP contribution in [0.4, 0.5) is 5.69 Å². The van der Waals surface area contributed by atoms with Gasteiger partial charge in [0.1, 0.15) is 0 Å². The minimum atomic E-state index is 0.985. The Hall–Kier alpha value is 0.420. The van der Waals surface area contributed by atoms with Gasteiger partial charge in [-0.1, -0.05) is 15.9 Å². The molecule has 0 saturated carbocycles. The van der Waals surface area contributed by atoms with Gasteiger partial charge in [-0.25, -0.2) is 0 Å². The molecule has 1 aromatic carbocycles. The highest BCUT2D eigenvalue weighted by Crippen LogP contribution is 2.34. The fraction of sp³-hybridized carbons (Fsp3) is 0.500. The van der Waals surface area contributed by atoms with Crippen LogP contribution in [0.5, 0.6) is 0 Å². The standard InChI is InChI=1S/C12H15Br3N2/c13-9-7-10(14)12(11(15)8-9)16-3-6-17-4-1-2-5-17/h7-8,16H,1-6H2. The molecule has 17 heavy (non-hydrogen) atoms. The van der Waals surface area contributed by atoms with Crippen molar-refractivity contribution in [3.63, 3.8) is 0 Å². The number of benzene rings is 1. The summed E-state index contributed by atoms with van der Waals surface area (Å²) < 4.78 is 3.24. The van der Waals surface area contributed by atoms with Crippen molar-refractivity contribution in [1.82, 2.24) is 4.90 Å². The second-order valence-electron chi connectivity index (χ2n) is 4.22. The normalized spacial score (nSPS) is 16.4. The van der Waals surface area contributed by atoms with Crippen LogP contribution in [0, 0.1) is 0 Å². The van der Waals surface area contributed by atoms with Crippen molar-refractivity contribution in [3.05, 3.63) is 25.6 Å². The van der Waals surface area contributed by atoms with E-state index in [-0.39, 0.29) is 0 Å². The van der Waals surface area contributed by atoms with E-state index in [4.69, 9.17) is 0 Å². The van der Waals surface area contributed by atoms with E-state index in [0.29, 0.717) is 0 Å². The lowest BCUT2D eigenvalue weighted by Gasteiger charge is -2.17. The van der Waals surface area contributed by atoms with E-state index >= 15 is 0 Å². The first kappa shape index (κ1) is 13.8. The van der Waals surface area contributed by atoms with Crippen molar-refractivity contribution < 1.29 is 0 Å². The summed E-state index contributed by atoms with van der Waals surface area (Å²) in [6, 6.07) is 4.12. The predicted octanol–water partition coefficient (Wildman–Crippen LogP) is 4.48. The van der Waals surface area contributed by atoms with Gasteiger partial charge >= 0.3 is 0 Å². The molecule has 1 N–H and O–H groups in total. The maximum atomic E-state index is 3.58. The zero-order valence-corrected chi connectivity index (χ0v) is 14.2. The van der Waals surface area contributed by atoms with Gasteiger partial charge in [0.15, 0.2) is 0 Å². The van der Waals surface area contributed by atoms with E-state index < -0.39 is 0 Å². The average Bonchev–Trinajstić information content (AvgIpc) is 2.74. The van der Waals surface area contributed by atoms with Gasteiger partial charge in [-0.2, -0.15) is 0 Å². The van der Waals surface area contributed by atoms with Crippen LogP contribution in [0.2, 0.25) is 0 Å². The van der Waals surface area contributed by atoms with Crippen LogP contribution in [-0.4, -0.2) is 31.1 Å². The Morgan fingerprint density at radius 3 is 2.24 bits per heavy atom. The fourth-order valence-corrected chi connectivity index (χ4v) is 4.60. The van der Waals surface area contributed by atoms with E-state index in [1.165, 1.54) is 25.9 Å². The summed E-state index contributed by atoms with van der Waals surface area (Å²) >= 11 is 10.6. The molecule has 1 saturated heterocycles. The van der Waals surface area contributed by atoms with E-state index in [1.54, 1.807) is 0 Å². The van der Waals surface area contributed by atoms with Gasteiger partial charge in [0.2, 0.25) is 0 Å². The maximum Gasteiger partial charge on any atom is 0.0630 e. The molecule has 0 amide bonds. The monoisotopic (exact) mass is 424 g/mol. The molecule has 1 fully saturated rings. The smallest absolute Gasteiger partial charge is 0.0630 e. The Bertz CT molecular complexity index is 366. The Labute approximate surface area is 128 Å². The van der Waals surface area contributed by atoms with E-state index in [2.05, 4.69) is 70.1 Å². The van der Waals surface area contributed by atoms with Crippen LogP contribution in [0.3, 0.4) is 0 Å². The maximum absolute atomic E-state index is 3.58. The number of nitrogens with one attached hydrogen (secondary N) is 1. The molecule has 1 heterocycles. The Balaban J connectivity index is 1.89. The first-order chi connectivity index (χ1) is 8.16. The van der Waals surface area contributed by atoms with Crippen LogP contribution in [0.15, 0.2) is 25.6 Å². The quantitative estimate of drug-likeness (QED) is 0.763. The molecule has 0 spiro atoms. The number of hydrogen-bond acceptors (Lipinski definition) is 2. The van der Waals surface area contributed by atoms with Crippen LogP contribution in [0.25, 0.3) is 0 Å². The molecule has 0 bridgehead atoms. The molecule has 1 aromatic rings. The van der Waals surface area contributed by atoms with Gasteiger partial charge in [0.25, 0.3) is 0 Å². The third-order valence-electron chi connectivity index (χ3n) is 2.94. The molecule has 0 atom stereocenters. The van der Waals surface area contributed by atoms with Gasteiger partial charge in [-0.3, -0.25) is 0 Å². The van der Waals surface area contributed by atoms with Gasteiger partial charge in [0.05, 0.1) is 5.69 Å². The second kappa shape index (κ2) is 6.55. The third kappa shape index (κ3) is 3.94. The third-order valence-corrected chi connectivity index (χ3v) is 4.64. The number of hydrogen-bond donors (Lipinski definition) is 1. The van der Waals surface area contributed by atoms with Crippen molar-refractivity contribution >= 4 is 53.5 Å². The lowest BCUT2D eigenvalue weighted by Crippen LogP contribution is -2.26. The zero-order chi connectivity index (χ0) is 12.3. The predicted molar refractivity (Wildman–Crippen MR) is 83.7 cm³/mol. The summed E-state index contributed by atoms with van der Waals surface area (Å²) in [6.07, 6.45) is 2.71. The van der Waals surface area contributed by atoms with Crippen LogP contribution in [-0.2, 0) is 0 Å². The van der Waals surface area contributed by atoms with Crippen LogP contribution in [0.1, 0.15) is 12.8 Å². The topological polar surface area (TPSA) is 15.3 Å². The van der Waals surface area contributed by atoms with Gasteiger partial charge in [-0.15, -0.1) is 0 Å². The highest BCUT2D eigenvalue weighted by molar-refractivity contribution is 9.11. The number of likely N-dealkylation sites (tertiary alicyclic amines) is 1. The van der Waals surface area contributed by atoms with Crippen molar-refractivity contribution in [2.45, 2.75) is 12.8 Å². The van der Waals surface area contributed by atoms with Gasteiger partial charge in [0, 0.05) is 26.5 Å². The van der Waals surface area contributed by atoms with Crippen LogP contribution >= 0.6 is 47.8 Å². The SMILES string of the molecule is Brc1cc(Br)c(NCCN2CCCC2)c(Br)c1. The van der Waals surface area contributed by atoms with Gasteiger partial charge < -0.3 is 10.2 Å². The summed E-state index contributed by atoms with van der Waals surface area (Å²) in [7, 11) is 0. The number of halogens is 3. The highest BCUT2D eigenvalue weighted by Gasteiger charge is 2.11. The fourth-order valence-electron chi connectivity index (χ4n) is 2.06. The first-order valence-corrected chi connectivity index (χ1v) is 8.15. The molecule has 2 nitrogen and oxygen atoms in total. The van der Waals surface area contributed by atoms with Crippen molar-refractivity contribution in [3.8, 4) is 0 Å². The molecule has 1 aliphatic rings. The van der Waals surface area contributed by atoms with E-state index in [0.717, 1.165) is 32.2 Å². The first-order valence-electron chi connectivity index (χ1n) is 5.77. The summed E-state index contributed by atoms with van der Waals surface area (Å²) in [6.45, 7) is 4.61. The minimum absolute atomic E-state index is 0.985. The molecule has 0 radical (unpaired) electrons. The number of rotatable bonds is 4. The Morgan fingerprint density at radius 2 is 1.65 bits per heavy atom. The largest absolute Gasteiger partial charge is 0.382 e. The molecule has 1 aliphatic heterocycles. The second-order valence-corrected chi connectivity index (χ2v) is 6.84. The molecule has 0 aliphatic carbocycles. The van der Waals surface area contributed by atoms with E-state index in [9.17, 15) is 0 Å². The summed E-state index contributed by atoms with van der Waals surface area (Å²) in [4.78, 5) is 2.51. The zero-order valence-electron chi connectivity index (χ0n) is 9.48. The molecule has 5 heteroatoms. The lowest BCUT2D eigenvalue weighted by molar-refractivity contribution is 0.352. The molecule has 0 aromatic heterocycles. The van der Waals surface area contributed by atoms with Gasteiger partial charge in [-0.05, 0) is 69.9 Å². The molecular formula is C12H15Br3N2. The van der Waals surface area contributed by atoms with Crippen molar-refractivity contribution in [2.75, 3.05) is 31.5 Å². The number of nitrogens with zero attached hydrogens (tertiary/aromatic N) is 1. The van der Waals surface area contributed by atoms with Crippen molar-refractivity contribution in [2.24, 2.45) is 0 Å². The minimum Gasteiger partial charge on any atom is -0.382 e. The van der Waals surface area contributed by atoms with Crippen molar-refractivity contribution in [1.29, 1.82) is 0 Å². The average molecular weight is 427 g/mol. The molecule has 2 rings (SSSR count). The highest BCUT2D eigenvalue weighted by atomic mass is 79.9. The lowest BCUT2D eigenvalue weighted by atomic mass is 10.3. The summed E-state index contributed by atoms with van der Waals surface area (Å²) in [5, 5.41) is 3.48. The Morgan fingerprint density at radius 1 is 1.06 bits per heavy atom. The molecule has 94 valence electrons. The molecule has 0 unspecified atom stereocenters. The van der Waals surface area contributed by atoms with E-state index in [1.807, 2.05) is 0 Å². The Kier molecular flexibility index (Phi) is 5.33. The number of anilines is 1. The molecular weight excluding hydrogens is 412 g/mol. The summed E-state index contributed by atoms with van der Waals surface area (Å²) in [5.41, 5.74) is 1.13. The van der Waals surface area contributed by atoms with Crippen LogP contribution < -0.4 is 5.32 Å².